The molecule has 1 aromatic carbocycles. The summed E-state index contributed by atoms with van der Waals surface area (Å²) in [6.45, 7) is 2.44. The highest BCUT2D eigenvalue weighted by Crippen LogP contribution is 2.37. The molecule has 0 saturated heterocycles. The second-order valence-electron chi connectivity index (χ2n) is 3.39. The quantitative estimate of drug-likeness (QED) is 0.750. The number of alkyl halides is 3. The first-order valence-corrected chi connectivity index (χ1v) is 4.74. The first kappa shape index (κ1) is 12.9. The topological polar surface area (TPSA) is 37.3 Å². The lowest BCUT2D eigenvalue weighted by Gasteiger charge is -2.16. The van der Waals surface area contributed by atoms with Crippen LogP contribution in [0.15, 0.2) is 11.0 Å². The molecule has 0 saturated carbocycles. The molecule has 0 unspecified atom stereocenters. The lowest BCUT2D eigenvalue weighted by atomic mass is 9.98. The largest absolute Gasteiger partial charge is 0.478 e. The number of halogens is 3. The Hall–Kier alpha value is -1.17. The molecule has 1 aromatic rings. The Balaban J connectivity index is 3.59. The standard InChI is InChI=1S/C10H9F3O2S/c1-4-3-6(9(14)15)8(16)5(2)7(4)10(11,12)13/h3,16H,1-2H3,(H,14,15). The molecule has 0 atom stereocenters. The Labute approximate surface area is 95.5 Å². The second-order valence-corrected chi connectivity index (χ2v) is 3.84. The van der Waals surface area contributed by atoms with Crippen LogP contribution in [0.4, 0.5) is 13.2 Å². The molecule has 1 rings (SSSR count). The van der Waals surface area contributed by atoms with Gasteiger partial charge in [-0.05, 0) is 31.0 Å². The van der Waals surface area contributed by atoms with Crippen LogP contribution in [0.3, 0.4) is 0 Å². The second kappa shape index (κ2) is 4.01. The van der Waals surface area contributed by atoms with Crippen molar-refractivity contribution in [1.29, 1.82) is 0 Å². The summed E-state index contributed by atoms with van der Waals surface area (Å²) in [6.07, 6.45) is -4.50. The van der Waals surface area contributed by atoms with E-state index in [1.165, 1.54) is 13.8 Å². The predicted molar refractivity (Wildman–Crippen MR) is 55.1 cm³/mol. The minimum absolute atomic E-state index is 0.111. The third kappa shape index (κ3) is 2.16. The van der Waals surface area contributed by atoms with E-state index >= 15 is 0 Å². The molecule has 0 radical (unpaired) electrons. The summed E-state index contributed by atoms with van der Waals surface area (Å²) < 4.78 is 37.9. The fourth-order valence-electron chi connectivity index (χ4n) is 1.57. The molecule has 0 fully saturated rings. The number of hydrogen-bond acceptors (Lipinski definition) is 2. The van der Waals surface area contributed by atoms with E-state index in [9.17, 15) is 18.0 Å². The molecule has 88 valence electrons. The molecule has 0 aliphatic heterocycles. The summed E-state index contributed by atoms with van der Waals surface area (Å²) in [4.78, 5) is 10.6. The van der Waals surface area contributed by atoms with Crippen LogP contribution in [0.1, 0.15) is 27.0 Å². The van der Waals surface area contributed by atoms with Crippen LogP contribution in [0, 0.1) is 13.8 Å². The summed E-state index contributed by atoms with van der Waals surface area (Å²) in [5.41, 5.74) is -1.30. The van der Waals surface area contributed by atoms with Gasteiger partial charge in [0.1, 0.15) is 0 Å². The number of carboxylic acids is 1. The SMILES string of the molecule is Cc1cc(C(=O)O)c(S)c(C)c1C(F)(F)F. The van der Waals surface area contributed by atoms with E-state index in [0.717, 1.165) is 6.07 Å². The number of rotatable bonds is 1. The molecule has 16 heavy (non-hydrogen) atoms. The summed E-state index contributed by atoms with van der Waals surface area (Å²) in [5.74, 6) is -1.29. The molecular weight excluding hydrogens is 241 g/mol. The maximum absolute atomic E-state index is 12.6. The molecule has 0 bridgehead atoms. The van der Waals surface area contributed by atoms with Crippen LogP contribution >= 0.6 is 12.6 Å². The number of hydrogen-bond donors (Lipinski definition) is 2. The van der Waals surface area contributed by atoms with Crippen molar-refractivity contribution in [3.8, 4) is 0 Å². The predicted octanol–water partition coefficient (Wildman–Crippen LogP) is 3.31. The van der Waals surface area contributed by atoms with E-state index < -0.39 is 17.7 Å². The van der Waals surface area contributed by atoms with Crippen LogP contribution in [0.25, 0.3) is 0 Å². The molecule has 0 spiro atoms. The Morgan fingerprint density at radius 1 is 1.38 bits per heavy atom. The Morgan fingerprint density at radius 3 is 2.25 bits per heavy atom. The Kier molecular flexibility index (Phi) is 3.23. The first-order chi connectivity index (χ1) is 7.16. The van der Waals surface area contributed by atoms with Crippen LogP contribution < -0.4 is 0 Å². The molecule has 0 aliphatic carbocycles. The number of benzene rings is 1. The fraction of sp³-hybridized carbons (Fsp3) is 0.300. The van der Waals surface area contributed by atoms with Gasteiger partial charge in [-0.2, -0.15) is 13.2 Å². The molecule has 6 heteroatoms. The zero-order chi connectivity index (χ0) is 12.7. The van der Waals surface area contributed by atoms with E-state index in [-0.39, 0.29) is 21.6 Å². The lowest BCUT2D eigenvalue weighted by molar-refractivity contribution is -0.138. The number of carbonyl (C=O) groups is 1. The third-order valence-corrected chi connectivity index (χ3v) is 2.83. The van der Waals surface area contributed by atoms with Crippen LogP contribution in [-0.2, 0) is 6.18 Å². The minimum Gasteiger partial charge on any atom is -0.478 e. The smallest absolute Gasteiger partial charge is 0.416 e. The minimum atomic E-state index is -4.50. The molecule has 0 heterocycles. The molecule has 0 aliphatic rings. The van der Waals surface area contributed by atoms with Gasteiger partial charge in [-0.25, -0.2) is 4.79 Å². The van der Waals surface area contributed by atoms with Gasteiger partial charge in [0, 0.05) is 4.90 Å². The van der Waals surface area contributed by atoms with Crippen molar-refractivity contribution in [3.63, 3.8) is 0 Å². The van der Waals surface area contributed by atoms with Gasteiger partial charge in [0.25, 0.3) is 0 Å². The monoisotopic (exact) mass is 250 g/mol. The maximum Gasteiger partial charge on any atom is 0.416 e. The van der Waals surface area contributed by atoms with E-state index in [1.54, 1.807) is 0 Å². The highest BCUT2D eigenvalue weighted by Gasteiger charge is 2.35. The summed E-state index contributed by atoms with van der Waals surface area (Å²) in [5, 5.41) is 8.78. The average molecular weight is 250 g/mol. The van der Waals surface area contributed by atoms with Crippen LogP contribution in [-0.4, -0.2) is 11.1 Å². The lowest BCUT2D eigenvalue weighted by Crippen LogP contribution is -2.13. The third-order valence-electron chi connectivity index (χ3n) is 2.25. The Bertz CT molecular complexity index is 452. The molecule has 0 amide bonds. The van der Waals surface area contributed by atoms with E-state index in [2.05, 4.69) is 12.6 Å². The highest BCUT2D eigenvalue weighted by atomic mass is 32.1. The number of thiol groups is 1. The number of carboxylic acid groups (broad SMARTS) is 1. The average Bonchev–Trinajstić information content (AvgIpc) is 2.08. The summed E-state index contributed by atoms with van der Waals surface area (Å²) in [7, 11) is 0. The van der Waals surface area contributed by atoms with Gasteiger partial charge in [0.2, 0.25) is 0 Å². The molecule has 1 N–H and O–H groups in total. The van der Waals surface area contributed by atoms with E-state index in [4.69, 9.17) is 5.11 Å². The van der Waals surface area contributed by atoms with Crippen molar-refractivity contribution in [1.82, 2.24) is 0 Å². The summed E-state index contributed by atoms with van der Waals surface area (Å²) >= 11 is 3.82. The van der Waals surface area contributed by atoms with Gasteiger partial charge in [-0.1, -0.05) is 0 Å². The van der Waals surface area contributed by atoms with Crippen LogP contribution in [0.2, 0.25) is 0 Å². The van der Waals surface area contributed by atoms with E-state index in [1.807, 2.05) is 0 Å². The van der Waals surface area contributed by atoms with Crippen LogP contribution in [0.5, 0.6) is 0 Å². The fourth-order valence-corrected chi connectivity index (χ4v) is 1.84. The molecular formula is C10H9F3O2S. The van der Waals surface area contributed by atoms with Crippen molar-refractivity contribution < 1.29 is 23.1 Å². The van der Waals surface area contributed by atoms with Gasteiger partial charge in [-0.15, -0.1) is 12.6 Å². The molecule has 0 aromatic heterocycles. The van der Waals surface area contributed by atoms with Crippen molar-refractivity contribution in [3.05, 3.63) is 28.3 Å². The highest BCUT2D eigenvalue weighted by molar-refractivity contribution is 7.80. The number of aryl methyl sites for hydroxylation is 1. The maximum atomic E-state index is 12.6. The number of aromatic carboxylic acids is 1. The zero-order valence-electron chi connectivity index (χ0n) is 8.51. The normalized spacial score (nSPS) is 11.6. The first-order valence-electron chi connectivity index (χ1n) is 4.30. The summed E-state index contributed by atoms with van der Waals surface area (Å²) in [6, 6.07) is 0.987. The van der Waals surface area contributed by atoms with Gasteiger partial charge in [0.05, 0.1) is 11.1 Å². The van der Waals surface area contributed by atoms with Crippen molar-refractivity contribution >= 4 is 18.6 Å². The van der Waals surface area contributed by atoms with Crippen molar-refractivity contribution in [2.75, 3.05) is 0 Å². The van der Waals surface area contributed by atoms with Crippen molar-refractivity contribution in [2.24, 2.45) is 0 Å². The Morgan fingerprint density at radius 2 is 1.88 bits per heavy atom. The van der Waals surface area contributed by atoms with Gasteiger partial charge >= 0.3 is 12.1 Å². The van der Waals surface area contributed by atoms with Gasteiger partial charge < -0.3 is 5.11 Å². The van der Waals surface area contributed by atoms with Gasteiger partial charge in [0.15, 0.2) is 0 Å². The van der Waals surface area contributed by atoms with Crippen molar-refractivity contribution in [2.45, 2.75) is 24.9 Å². The zero-order valence-corrected chi connectivity index (χ0v) is 9.41. The van der Waals surface area contributed by atoms with Gasteiger partial charge in [-0.3, -0.25) is 0 Å². The van der Waals surface area contributed by atoms with E-state index in [0.29, 0.717) is 0 Å². The molecule has 2 nitrogen and oxygen atoms in total.